The van der Waals surface area contributed by atoms with Crippen LogP contribution in [0.1, 0.15) is 44.7 Å². The zero-order valence-corrected chi connectivity index (χ0v) is 15.0. The summed E-state index contributed by atoms with van der Waals surface area (Å²) in [6.07, 6.45) is 1.18. The molecule has 0 amide bonds. The second-order valence-electron chi connectivity index (χ2n) is 6.03. The zero-order valence-electron chi connectivity index (χ0n) is 12.9. The Labute approximate surface area is 133 Å². The van der Waals surface area contributed by atoms with E-state index in [0.29, 0.717) is 5.92 Å². The summed E-state index contributed by atoms with van der Waals surface area (Å²) >= 11 is -0.0378. The van der Waals surface area contributed by atoms with Crippen molar-refractivity contribution in [3.05, 3.63) is 66.8 Å². The van der Waals surface area contributed by atoms with Crippen LogP contribution in [0.4, 0.5) is 0 Å². The van der Waals surface area contributed by atoms with E-state index in [1.165, 1.54) is 24.7 Å². The molecular weight excluding hydrogens is 355 g/mol. The standard InChI is InChI=1S/C19H24I/c1-14(2)13-16-5-9-18(10-6-16)20-19-11-7-17(8-12-19)15(3)4/h5-12,14-15H,13H2,1-4H3/q-1. The van der Waals surface area contributed by atoms with Gasteiger partial charge in [0, 0.05) is 0 Å². The van der Waals surface area contributed by atoms with Crippen molar-refractivity contribution in [3.8, 4) is 0 Å². The molecule has 0 saturated carbocycles. The molecule has 0 aliphatic carbocycles. The second kappa shape index (κ2) is 7.26. The average Bonchev–Trinajstić information content (AvgIpc) is 2.41. The molecule has 2 aromatic rings. The van der Waals surface area contributed by atoms with E-state index in [4.69, 9.17) is 0 Å². The predicted octanol–water partition coefficient (Wildman–Crippen LogP) is 2.14. The van der Waals surface area contributed by atoms with Crippen molar-refractivity contribution in [2.75, 3.05) is 0 Å². The van der Waals surface area contributed by atoms with E-state index < -0.39 is 0 Å². The number of hydrogen-bond donors (Lipinski definition) is 0. The number of halogens is 1. The van der Waals surface area contributed by atoms with Crippen LogP contribution in [0, 0.1) is 13.1 Å². The molecule has 0 aliphatic heterocycles. The van der Waals surface area contributed by atoms with E-state index in [-0.39, 0.29) is 21.2 Å². The van der Waals surface area contributed by atoms with E-state index in [1.807, 2.05) is 0 Å². The van der Waals surface area contributed by atoms with Crippen molar-refractivity contribution < 1.29 is 21.2 Å². The van der Waals surface area contributed by atoms with Gasteiger partial charge < -0.3 is 0 Å². The van der Waals surface area contributed by atoms with Crippen molar-refractivity contribution in [1.29, 1.82) is 0 Å². The van der Waals surface area contributed by atoms with Crippen molar-refractivity contribution in [2.24, 2.45) is 5.92 Å². The van der Waals surface area contributed by atoms with Crippen LogP contribution in [0.3, 0.4) is 0 Å². The van der Waals surface area contributed by atoms with Crippen LogP contribution in [0.25, 0.3) is 0 Å². The van der Waals surface area contributed by atoms with E-state index in [1.54, 1.807) is 0 Å². The van der Waals surface area contributed by atoms with Crippen molar-refractivity contribution in [2.45, 2.75) is 40.0 Å². The van der Waals surface area contributed by atoms with Crippen LogP contribution < -0.4 is 21.2 Å². The minimum absolute atomic E-state index is 0.0378. The molecule has 0 radical (unpaired) electrons. The van der Waals surface area contributed by atoms with E-state index in [2.05, 4.69) is 76.2 Å². The van der Waals surface area contributed by atoms with Crippen molar-refractivity contribution in [3.63, 3.8) is 0 Å². The first-order valence-electron chi connectivity index (χ1n) is 7.38. The fourth-order valence-corrected chi connectivity index (χ4v) is 4.35. The topological polar surface area (TPSA) is 0 Å². The summed E-state index contributed by atoms with van der Waals surface area (Å²) in [7, 11) is 0. The molecule has 0 spiro atoms. The van der Waals surface area contributed by atoms with Gasteiger partial charge in [0.25, 0.3) is 0 Å². The second-order valence-corrected chi connectivity index (χ2v) is 9.06. The van der Waals surface area contributed by atoms with Crippen LogP contribution in [0.2, 0.25) is 0 Å². The molecule has 0 heterocycles. The zero-order chi connectivity index (χ0) is 14.5. The molecular formula is C19H24I-. The Hall–Kier alpha value is -0.830. The Morgan fingerprint density at radius 2 is 1.25 bits per heavy atom. The third-order valence-electron chi connectivity index (χ3n) is 3.31. The Morgan fingerprint density at radius 1 is 0.750 bits per heavy atom. The summed E-state index contributed by atoms with van der Waals surface area (Å²) in [5.41, 5.74) is 2.90. The molecule has 0 atom stereocenters. The van der Waals surface area contributed by atoms with Gasteiger partial charge in [0.2, 0.25) is 0 Å². The van der Waals surface area contributed by atoms with Gasteiger partial charge in [-0.25, -0.2) is 0 Å². The normalized spacial score (nSPS) is 11.5. The molecule has 2 aromatic carbocycles. The van der Waals surface area contributed by atoms with Gasteiger partial charge in [0.15, 0.2) is 0 Å². The molecule has 0 saturated heterocycles. The van der Waals surface area contributed by atoms with Gasteiger partial charge in [-0.05, 0) is 0 Å². The molecule has 2 rings (SSSR count). The Kier molecular flexibility index (Phi) is 5.64. The van der Waals surface area contributed by atoms with Gasteiger partial charge in [-0.15, -0.1) is 0 Å². The first-order valence-corrected chi connectivity index (χ1v) is 9.54. The van der Waals surface area contributed by atoms with Gasteiger partial charge in [-0.2, -0.15) is 0 Å². The monoisotopic (exact) mass is 379 g/mol. The summed E-state index contributed by atoms with van der Waals surface area (Å²) in [4.78, 5) is 0. The number of benzene rings is 2. The SMILES string of the molecule is CC(C)Cc1ccc([I-]c2ccc(C(C)C)cc2)cc1. The van der Waals surface area contributed by atoms with Crippen LogP contribution in [-0.2, 0) is 6.42 Å². The van der Waals surface area contributed by atoms with Gasteiger partial charge in [-0.3, -0.25) is 0 Å². The van der Waals surface area contributed by atoms with E-state index >= 15 is 0 Å². The summed E-state index contributed by atoms with van der Waals surface area (Å²) in [6, 6.07) is 18.4. The van der Waals surface area contributed by atoms with Crippen LogP contribution in [0.15, 0.2) is 48.5 Å². The molecule has 108 valence electrons. The summed E-state index contributed by atoms with van der Waals surface area (Å²) in [5.74, 6) is 1.36. The minimum atomic E-state index is -0.0378. The third-order valence-corrected chi connectivity index (χ3v) is 6.00. The number of rotatable bonds is 5. The van der Waals surface area contributed by atoms with Crippen molar-refractivity contribution >= 4 is 0 Å². The Bertz CT molecular complexity index is 521. The molecule has 1 heteroatoms. The fraction of sp³-hybridized carbons (Fsp3) is 0.368. The quantitative estimate of drug-likeness (QED) is 0.699. The first kappa shape index (κ1) is 15.6. The summed E-state index contributed by atoms with van der Waals surface area (Å²) in [5, 5.41) is 0. The molecule has 0 unspecified atom stereocenters. The van der Waals surface area contributed by atoms with Crippen LogP contribution >= 0.6 is 0 Å². The first-order chi connectivity index (χ1) is 9.54. The number of hydrogen-bond acceptors (Lipinski definition) is 0. The van der Waals surface area contributed by atoms with Crippen molar-refractivity contribution in [1.82, 2.24) is 0 Å². The van der Waals surface area contributed by atoms with Crippen LogP contribution in [0.5, 0.6) is 0 Å². The van der Waals surface area contributed by atoms with Crippen LogP contribution in [-0.4, -0.2) is 0 Å². The van der Waals surface area contributed by atoms with Gasteiger partial charge in [-0.1, -0.05) is 0 Å². The molecule has 20 heavy (non-hydrogen) atoms. The van der Waals surface area contributed by atoms with E-state index in [0.717, 1.165) is 5.92 Å². The average molecular weight is 379 g/mol. The predicted molar refractivity (Wildman–Crippen MR) is 82.9 cm³/mol. The van der Waals surface area contributed by atoms with Gasteiger partial charge in [0.1, 0.15) is 0 Å². The maximum atomic E-state index is 2.32. The molecule has 0 aliphatic rings. The molecule has 0 aromatic heterocycles. The third kappa shape index (κ3) is 4.62. The van der Waals surface area contributed by atoms with Gasteiger partial charge >= 0.3 is 134 Å². The molecule has 0 nitrogen and oxygen atoms in total. The van der Waals surface area contributed by atoms with E-state index in [9.17, 15) is 0 Å². The van der Waals surface area contributed by atoms with Gasteiger partial charge in [0.05, 0.1) is 0 Å². The molecule has 0 N–H and O–H groups in total. The molecule has 0 fully saturated rings. The molecule has 0 bridgehead atoms. The maximum absolute atomic E-state index is 2.32. The Morgan fingerprint density at radius 3 is 1.70 bits per heavy atom. The summed E-state index contributed by atoms with van der Waals surface area (Å²) in [6.45, 7) is 9.04. The Balaban J connectivity index is 2.02. The fourth-order valence-electron chi connectivity index (χ4n) is 2.19. The summed E-state index contributed by atoms with van der Waals surface area (Å²) < 4.78 is 3.01.